The highest BCUT2D eigenvalue weighted by Gasteiger charge is 2.10. The van der Waals surface area contributed by atoms with Crippen molar-refractivity contribution in [3.05, 3.63) is 50.2 Å². The second-order valence-corrected chi connectivity index (χ2v) is 5.62. The van der Waals surface area contributed by atoms with Crippen molar-refractivity contribution in [3.8, 4) is 0 Å². The van der Waals surface area contributed by atoms with E-state index in [4.69, 9.17) is 0 Å². The summed E-state index contributed by atoms with van der Waals surface area (Å²) >= 11 is 1.71. The zero-order chi connectivity index (χ0) is 14.8. The Morgan fingerprint density at radius 1 is 1.43 bits per heavy atom. The molecule has 3 rings (SSSR count). The average Bonchev–Trinajstić information content (AvgIpc) is 3.09. The molecule has 0 saturated carbocycles. The Morgan fingerprint density at radius 3 is 3.05 bits per heavy atom. The predicted molar refractivity (Wildman–Crippen MR) is 83.8 cm³/mol. The zero-order valence-electron chi connectivity index (χ0n) is 11.4. The number of anilines is 1. The van der Waals surface area contributed by atoms with Crippen LogP contribution in [0.3, 0.4) is 0 Å². The number of fused-ring (bicyclic) bond motifs is 1. The summed E-state index contributed by atoms with van der Waals surface area (Å²) in [6.07, 6.45) is 1.01. The molecule has 7 heteroatoms. The minimum Gasteiger partial charge on any atom is -0.351 e. The molecule has 0 unspecified atom stereocenters. The number of H-pyrrole nitrogens is 1. The molecule has 6 nitrogen and oxygen atoms in total. The summed E-state index contributed by atoms with van der Waals surface area (Å²) in [5.41, 5.74) is 2.77. The highest BCUT2D eigenvalue weighted by molar-refractivity contribution is 7.10. The van der Waals surface area contributed by atoms with E-state index in [1.54, 1.807) is 17.4 Å². The number of thiophene rings is 1. The number of nitro benzene ring substituents is 1. The summed E-state index contributed by atoms with van der Waals surface area (Å²) in [5.74, 6) is 0.626. The topological polar surface area (TPSA) is 83.8 Å². The van der Waals surface area contributed by atoms with Crippen LogP contribution < -0.4 is 5.32 Å². The Balaban J connectivity index is 1.80. The maximum atomic E-state index is 10.8. The van der Waals surface area contributed by atoms with Crippen LogP contribution in [0.5, 0.6) is 0 Å². The molecule has 1 aromatic carbocycles. The van der Waals surface area contributed by atoms with E-state index in [9.17, 15) is 10.1 Å². The number of non-ortho nitro benzene ring substituents is 1. The number of hydrogen-bond donors (Lipinski definition) is 2. The lowest BCUT2D eigenvalue weighted by Crippen LogP contribution is -2.00. The Kier molecular flexibility index (Phi) is 3.57. The maximum absolute atomic E-state index is 10.8. The molecule has 21 heavy (non-hydrogen) atoms. The number of benzene rings is 1. The van der Waals surface area contributed by atoms with E-state index in [1.807, 2.05) is 0 Å². The first-order valence-electron chi connectivity index (χ1n) is 6.60. The van der Waals surface area contributed by atoms with Crippen molar-refractivity contribution in [2.45, 2.75) is 19.9 Å². The Morgan fingerprint density at radius 2 is 2.29 bits per heavy atom. The van der Waals surface area contributed by atoms with Gasteiger partial charge in [0.25, 0.3) is 5.69 Å². The molecule has 0 bridgehead atoms. The van der Waals surface area contributed by atoms with E-state index < -0.39 is 4.92 Å². The van der Waals surface area contributed by atoms with Gasteiger partial charge in [0.15, 0.2) is 0 Å². The van der Waals surface area contributed by atoms with Gasteiger partial charge >= 0.3 is 0 Å². The summed E-state index contributed by atoms with van der Waals surface area (Å²) in [5, 5.41) is 16.1. The number of rotatable bonds is 5. The van der Waals surface area contributed by atoms with Crippen molar-refractivity contribution >= 4 is 34.0 Å². The van der Waals surface area contributed by atoms with Crippen LogP contribution >= 0.6 is 11.3 Å². The number of nitrogens with zero attached hydrogens (tertiary/aromatic N) is 2. The van der Waals surface area contributed by atoms with Gasteiger partial charge in [-0.25, -0.2) is 4.98 Å². The highest BCUT2D eigenvalue weighted by atomic mass is 32.1. The summed E-state index contributed by atoms with van der Waals surface area (Å²) in [6.45, 7) is 2.83. The largest absolute Gasteiger partial charge is 0.351 e. The number of aryl methyl sites for hydroxylation is 1. The number of hydrogen-bond acceptors (Lipinski definition) is 5. The SMILES string of the molecule is CCc1ccsc1CNc1nc2ccc([N+](=O)[O-])cc2[nH]1. The second-order valence-electron chi connectivity index (χ2n) is 4.62. The molecule has 0 aliphatic carbocycles. The van der Waals surface area contributed by atoms with Gasteiger partial charge < -0.3 is 10.3 Å². The summed E-state index contributed by atoms with van der Waals surface area (Å²) < 4.78 is 0. The molecule has 0 aliphatic rings. The van der Waals surface area contributed by atoms with Gasteiger partial charge in [-0.15, -0.1) is 11.3 Å². The number of nitro groups is 1. The smallest absolute Gasteiger partial charge is 0.271 e. The van der Waals surface area contributed by atoms with Crippen LogP contribution in [-0.4, -0.2) is 14.9 Å². The zero-order valence-corrected chi connectivity index (χ0v) is 12.2. The van der Waals surface area contributed by atoms with Gasteiger partial charge in [-0.1, -0.05) is 6.92 Å². The fourth-order valence-corrected chi connectivity index (χ4v) is 3.11. The van der Waals surface area contributed by atoms with E-state index in [-0.39, 0.29) is 5.69 Å². The second kappa shape index (κ2) is 5.53. The minimum atomic E-state index is -0.410. The third-order valence-corrected chi connectivity index (χ3v) is 4.27. The third kappa shape index (κ3) is 2.73. The van der Waals surface area contributed by atoms with E-state index in [0.717, 1.165) is 6.42 Å². The van der Waals surface area contributed by atoms with E-state index >= 15 is 0 Å². The number of aromatic amines is 1. The van der Waals surface area contributed by atoms with Gasteiger partial charge in [0, 0.05) is 17.0 Å². The summed E-state index contributed by atoms with van der Waals surface area (Å²) in [6, 6.07) is 6.74. The molecule has 0 saturated heterocycles. The van der Waals surface area contributed by atoms with E-state index in [0.29, 0.717) is 23.5 Å². The molecule has 2 aromatic heterocycles. The van der Waals surface area contributed by atoms with Crippen molar-refractivity contribution in [2.24, 2.45) is 0 Å². The molecular formula is C14H14N4O2S. The van der Waals surface area contributed by atoms with Crippen LogP contribution in [0, 0.1) is 10.1 Å². The normalized spacial score (nSPS) is 10.9. The Labute approximate surface area is 125 Å². The molecule has 2 heterocycles. The molecule has 0 aliphatic heterocycles. The fourth-order valence-electron chi connectivity index (χ4n) is 2.20. The monoisotopic (exact) mass is 302 g/mol. The highest BCUT2D eigenvalue weighted by Crippen LogP contribution is 2.22. The maximum Gasteiger partial charge on any atom is 0.271 e. The summed E-state index contributed by atoms with van der Waals surface area (Å²) in [7, 11) is 0. The van der Waals surface area contributed by atoms with Crippen LogP contribution in [0.4, 0.5) is 11.6 Å². The van der Waals surface area contributed by atoms with Crippen molar-refractivity contribution in [3.63, 3.8) is 0 Å². The number of nitrogens with one attached hydrogen (secondary N) is 2. The van der Waals surface area contributed by atoms with Gasteiger partial charge in [0.2, 0.25) is 5.95 Å². The first kappa shape index (κ1) is 13.6. The van der Waals surface area contributed by atoms with Crippen molar-refractivity contribution < 1.29 is 4.92 Å². The van der Waals surface area contributed by atoms with E-state index in [1.165, 1.54) is 22.6 Å². The van der Waals surface area contributed by atoms with Gasteiger partial charge in [0.1, 0.15) is 0 Å². The Hall–Kier alpha value is -2.41. The quantitative estimate of drug-likeness (QED) is 0.556. The molecule has 0 fully saturated rings. The molecule has 0 spiro atoms. The van der Waals surface area contributed by atoms with Crippen LogP contribution in [0.15, 0.2) is 29.6 Å². The molecule has 0 amide bonds. The van der Waals surface area contributed by atoms with Crippen molar-refractivity contribution in [2.75, 3.05) is 5.32 Å². The number of imidazole rings is 1. The molecule has 0 radical (unpaired) electrons. The molecule has 2 N–H and O–H groups in total. The predicted octanol–water partition coefficient (Wildman–Crippen LogP) is 3.71. The number of aromatic nitrogens is 2. The average molecular weight is 302 g/mol. The van der Waals surface area contributed by atoms with Crippen molar-refractivity contribution in [1.29, 1.82) is 0 Å². The van der Waals surface area contributed by atoms with Crippen LogP contribution in [0.2, 0.25) is 0 Å². The van der Waals surface area contributed by atoms with Gasteiger partial charge in [-0.05, 0) is 29.5 Å². The van der Waals surface area contributed by atoms with Crippen LogP contribution in [0.25, 0.3) is 11.0 Å². The first-order chi connectivity index (χ1) is 10.2. The molecular weight excluding hydrogens is 288 g/mol. The Bertz CT molecular complexity index is 793. The lowest BCUT2D eigenvalue weighted by Gasteiger charge is -2.02. The standard InChI is InChI=1S/C14H14N4O2S/c1-2-9-5-6-21-13(9)8-15-14-16-11-4-3-10(18(19)20)7-12(11)17-14/h3-7H,2,8H2,1H3,(H2,15,16,17). The van der Waals surface area contributed by atoms with Crippen LogP contribution in [0.1, 0.15) is 17.4 Å². The van der Waals surface area contributed by atoms with Gasteiger partial charge in [0.05, 0.1) is 22.5 Å². The first-order valence-corrected chi connectivity index (χ1v) is 7.48. The van der Waals surface area contributed by atoms with Gasteiger partial charge in [-0.3, -0.25) is 10.1 Å². The van der Waals surface area contributed by atoms with E-state index in [2.05, 4.69) is 33.7 Å². The van der Waals surface area contributed by atoms with Crippen molar-refractivity contribution in [1.82, 2.24) is 9.97 Å². The lowest BCUT2D eigenvalue weighted by molar-refractivity contribution is -0.384. The van der Waals surface area contributed by atoms with Crippen LogP contribution in [-0.2, 0) is 13.0 Å². The summed E-state index contributed by atoms with van der Waals surface area (Å²) in [4.78, 5) is 19.1. The van der Waals surface area contributed by atoms with Gasteiger partial charge in [-0.2, -0.15) is 0 Å². The molecule has 108 valence electrons. The third-order valence-electron chi connectivity index (χ3n) is 3.31. The fraction of sp³-hybridized carbons (Fsp3) is 0.214. The molecule has 3 aromatic rings. The lowest BCUT2D eigenvalue weighted by atomic mass is 10.2. The molecule has 0 atom stereocenters. The minimum absolute atomic E-state index is 0.0595.